The Balaban J connectivity index is 3.03. The van der Waals surface area contributed by atoms with E-state index in [1.54, 1.807) is 0 Å². The summed E-state index contributed by atoms with van der Waals surface area (Å²) >= 11 is 0. The molecule has 0 aliphatic carbocycles. The lowest BCUT2D eigenvalue weighted by molar-refractivity contribution is 0.528. The van der Waals surface area contributed by atoms with Crippen molar-refractivity contribution in [2.45, 2.75) is 51.5 Å². The molecule has 0 aromatic carbocycles. The Labute approximate surface area is 70.7 Å². The van der Waals surface area contributed by atoms with Gasteiger partial charge in [-0.1, -0.05) is 25.8 Å². The third-order valence-corrected chi connectivity index (χ3v) is 1.89. The zero-order valence-electron chi connectivity index (χ0n) is 7.68. The lowest BCUT2D eigenvalue weighted by Gasteiger charge is -2.08. The Hall–Kier alpha value is -0.300. The topological polar surface area (TPSA) is 26.0 Å². The summed E-state index contributed by atoms with van der Waals surface area (Å²) in [6.07, 6.45) is 9.19. The Kier molecular flexibility index (Phi) is 7.59. The second-order valence-corrected chi connectivity index (χ2v) is 3.12. The highest BCUT2D eigenvalue weighted by molar-refractivity contribution is 4.67. The van der Waals surface area contributed by atoms with Crippen LogP contribution in [0.25, 0.3) is 0 Å². The highest BCUT2D eigenvalue weighted by atomic mass is 14.6. The third kappa shape index (κ3) is 7.60. The fourth-order valence-electron chi connectivity index (χ4n) is 1.21. The molecule has 1 atom stereocenters. The van der Waals surface area contributed by atoms with E-state index in [-0.39, 0.29) is 0 Å². The lowest BCUT2D eigenvalue weighted by atomic mass is 10.1. The van der Waals surface area contributed by atoms with Gasteiger partial charge in [0.1, 0.15) is 0 Å². The van der Waals surface area contributed by atoms with Gasteiger partial charge in [0.2, 0.25) is 0 Å². The van der Waals surface area contributed by atoms with Crippen LogP contribution < -0.4 is 5.73 Å². The molecule has 0 saturated heterocycles. The maximum Gasteiger partial charge on any atom is 0.00387 e. The zero-order valence-corrected chi connectivity index (χ0v) is 7.68. The molecule has 0 bridgehead atoms. The molecule has 1 unspecified atom stereocenters. The summed E-state index contributed by atoms with van der Waals surface area (Å²) in [7, 11) is 0. The van der Waals surface area contributed by atoms with Gasteiger partial charge in [-0.25, -0.2) is 0 Å². The molecule has 66 valence electrons. The number of allylic oxidation sites excluding steroid dienone is 1. The van der Waals surface area contributed by atoms with Crippen LogP contribution in [0.4, 0.5) is 0 Å². The highest BCUT2D eigenvalue weighted by Gasteiger charge is 1.98. The zero-order chi connectivity index (χ0) is 8.53. The second kappa shape index (κ2) is 7.80. The molecular formula is C10H21N. The number of rotatable bonds is 7. The first-order chi connectivity index (χ1) is 5.31. The van der Waals surface area contributed by atoms with E-state index in [9.17, 15) is 0 Å². The minimum absolute atomic E-state index is 0.435. The predicted octanol–water partition coefficient (Wildman–Crippen LogP) is 2.86. The molecule has 1 heteroatoms. The monoisotopic (exact) mass is 155 g/mol. The van der Waals surface area contributed by atoms with Crippen LogP contribution in [-0.4, -0.2) is 6.04 Å². The summed E-state index contributed by atoms with van der Waals surface area (Å²) in [5.41, 5.74) is 5.84. The maximum atomic E-state index is 5.84. The molecule has 0 radical (unpaired) electrons. The van der Waals surface area contributed by atoms with Crippen LogP contribution in [0.3, 0.4) is 0 Å². The quantitative estimate of drug-likeness (QED) is 0.444. The van der Waals surface area contributed by atoms with E-state index in [4.69, 9.17) is 5.73 Å². The minimum atomic E-state index is 0.435. The van der Waals surface area contributed by atoms with E-state index in [1.807, 2.05) is 6.08 Å². The van der Waals surface area contributed by atoms with Gasteiger partial charge in [-0.3, -0.25) is 0 Å². The maximum absolute atomic E-state index is 5.84. The van der Waals surface area contributed by atoms with Crippen LogP contribution in [0.1, 0.15) is 45.4 Å². The minimum Gasteiger partial charge on any atom is -0.328 e. The first-order valence-electron chi connectivity index (χ1n) is 4.67. The Morgan fingerprint density at radius 2 is 2.09 bits per heavy atom. The van der Waals surface area contributed by atoms with Gasteiger partial charge >= 0.3 is 0 Å². The van der Waals surface area contributed by atoms with E-state index in [2.05, 4.69) is 13.5 Å². The summed E-state index contributed by atoms with van der Waals surface area (Å²) < 4.78 is 0. The van der Waals surface area contributed by atoms with Crippen molar-refractivity contribution in [1.82, 2.24) is 0 Å². The molecule has 0 aliphatic heterocycles. The van der Waals surface area contributed by atoms with Crippen LogP contribution in [-0.2, 0) is 0 Å². The number of hydrogen-bond donors (Lipinski definition) is 1. The first-order valence-corrected chi connectivity index (χ1v) is 4.67. The fraction of sp³-hybridized carbons (Fsp3) is 0.800. The molecule has 0 aliphatic rings. The second-order valence-electron chi connectivity index (χ2n) is 3.12. The molecule has 0 amide bonds. The van der Waals surface area contributed by atoms with Gasteiger partial charge in [-0.2, -0.15) is 0 Å². The lowest BCUT2D eigenvalue weighted by Crippen LogP contribution is -2.18. The van der Waals surface area contributed by atoms with E-state index in [0.29, 0.717) is 6.04 Å². The molecule has 0 saturated carbocycles. The smallest absolute Gasteiger partial charge is 0.00387 e. The molecule has 0 aromatic rings. The molecular weight excluding hydrogens is 134 g/mol. The van der Waals surface area contributed by atoms with Crippen LogP contribution in [0.5, 0.6) is 0 Å². The molecule has 0 spiro atoms. The van der Waals surface area contributed by atoms with Gasteiger partial charge in [-0.15, -0.1) is 6.58 Å². The number of unbranched alkanes of at least 4 members (excludes halogenated alkanes) is 2. The van der Waals surface area contributed by atoms with E-state index in [1.165, 1.54) is 32.1 Å². The molecule has 0 rings (SSSR count). The van der Waals surface area contributed by atoms with Crippen LogP contribution in [0.15, 0.2) is 12.7 Å². The molecule has 0 aromatic heterocycles. The Morgan fingerprint density at radius 1 is 1.36 bits per heavy atom. The van der Waals surface area contributed by atoms with Crippen molar-refractivity contribution in [2.24, 2.45) is 5.73 Å². The Bertz CT molecular complexity index is 88.9. The van der Waals surface area contributed by atoms with Gasteiger partial charge in [0.05, 0.1) is 0 Å². The van der Waals surface area contributed by atoms with Crippen LogP contribution in [0.2, 0.25) is 0 Å². The summed E-state index contributed by atoms with van der Waals surface area (Å²) in [5, 5.41) is 0. The predicted molar refractivity (Wildman–Crippen MR) is 51.5 cm³/mol. The van der Waals surface area contributed by atoms with E-state index >= 15 is 0 Å². The van der Waals surface area contributed by atoms with Crippen molar-refractivity contribution in [2.75, 3.05) is 0 Å². The van der Waals surface area contributed by atoms with Gasteiger partial charge in [-0.05, 0) is 25.7 Å². The average Bonchev–Trinajstić information content (AvgIpc) is 1.99. The highest BCUT2D eigenvalue weighted by Crippen LogP contribution is 2.06. The molecule has 0 heterocycles. The van der Waals surface area contributed by atoms with Crippen molar-refractivity contribution < 1.29 is 0 Å². The van der Waals surface area contributed by atoms with Crippen molar-refractivity contribution >= 4 is 0 Å². The van der Waals surface area contributed by atoms with Crippen LogP contribution in [0, 0.1) is 0 Å². The number of nitrogens with two attached hydrogens (primary N) is 1. The average molecular weight is 155 g/mol. The Morgan fingerprint density at radius 3 is 2.64 bits per heavy atom. The summed E-state index contributed by atoms with van der Waals surface area (Å²) in [4.78, 5) is 0. The van der Waals surface area contributed by atoms with Crippen LogP contribution >= 0.6 is 0 Å². The summed E-state index contributed by atoms with van der Waals surface area (Å²) in [6.45, 7) is 5.87. The fourth-order valence-corrected chi connectivity index (χ4v) is 1.21. The summed E-state index contributed by atoms with van der Waals surface area (Å²) in [6, 6.07) is 0.435. The first kappa shape index (κ1) is 10.7. The third-order valence-electron chi connectivity index (χ3n) is 1.89. The normalized spacial score (nSPS) is 12.9. The van der Waals surface area contributed by atoms with Crippen molar-refractivity contribution in [3.63, 3.8) is 0 Å². The van der Waals surface area contributed by atoms with Gasteiger partial charge in [0, 0.05) is 6.04 Å². The van der Waals surface area contributed by atoms with Gasteiger partial charge in [0.15, 0.2) is 0 Å². The van der Waals surface area contributed by atoms with Gasteiger partial charge < -0.3 is 5.73 Å². The largest absolute Gasteiger partial charge is 0.328 e. The summed E-state index contributed by atoms with van der Waals surface area (Å²) in [5.74, 6) is 0. The van der Waals surface area contributed by atoms with E-state index in [0.717, 1.165) is 6.42 Å². The molecule has 0 fully saturated rings. The van der Waals surface area contributed by atoms with E-state index < -0.39 is 0 Å². The molecule has 1 nitrogen and oxygen atoms in total. The van der Waals surface area contributed by atoms with Crippen molar-refractivity contribution in [3.05, 3.63) is 12.7 Å². The van der Waals surface area contributed by atoms with Crippen molar-refractivity contribution in [3.8, 4) is 0 Å². The number of hydrogen-bond acceptors (Lipinski definition) is 1. The standard InChI is InChI=1S/C10H21N/c1-3-5-6-7-9-10(11)8-4-2/h3,10H,1,4-9,11H2,2H3. The molecule has 11 heavy (non-hydrogen) atoms. The SMILES string of the molecule is C=CCCCCC(N)CCC. The van der Waals surface area contributed by atoms with Crippen molar-refractivity contribution in [1.29, 1.82) is 0 Å². The van der Waals surface area contributed by atoms with Gasteiger partial charge in [0.25, 0.3) is 0 Å². The molecule has 2 N–H and O–H groups in total.